The van der Waals surface area contributed by atoms with E-state index in [9.17, 15) is 9.90 Å². The molecule has 1 aromatic heterocycles. The first-order valence-corrected chi connectivity index (χ1v) is 16.6. The highest BCUT2D eigenvalue weighted by Crippen LogP contribution is 2.47. The molecule has 1 aromatic rings. The van der Waals surface area contributed by atoms with E-state index in [0.29, 0.717) is 13.0 Å². The number of hydrogen-bond acceptors (Lipinski definition) is 8. The number of ether oxygens (including phenoxy) is 5. The molecule has 0 aliphatic rings. The van der Waals surface area contributed by atoms with Crippen molar-refractivity contribution in [3.63, 3.8) is 0 Å². The van der Waals surface area contributed by atoms with Crippen molar-refractivity contribution < 1.29 is 33.6 Å². The summed E-state index contributed by atoms with van der Waals surface area (Å²) in [7, 11) is 1.60. The van der Waals surface area contributed by atoms with Crippen LogP contribution in [-0.2, 0) is 4.74 Å². The zero-order valence-corrected chi connectivity index (χ0v) is 25.6. The van der Waals surface area contributed by atoms with Gasteiger partial charge in [0.05, 0.1) is 25.9 Å². The maximum Gasteiger partial charge on any atom is 0.415 e. The van der Waals surface area contributed by atoms with Gasteiger partial charge in [-0.05, 0) is 53.0 Å². The van der Waals surface area contributed by atoms with Crippen molar-refractivity contribution in [1.29, 1.82) is 0 Å². The summed E-state index contributed by atoms with van der Waals surface area (Å²) < 4.78 is 28.6. The Morgan fingerprint density at radius 2 is 1.65 bits per heavy atom. The summed E-state index contributed by atoms with van der Waals surface area (Å²) in [6.45, 7) is 18.7. The quantitative estimate of drug-likeness (QED) is 0.124. The Kier molecular flexibility index (Phi) is 13.4. The average Bonchev–Trinajstić information content (AvgIpc) is 2.80. The second-order valence-electron chi connectivity index (χ2n) is 10.9. The number of aliphatic hydroxyl groups is 1. The van der Waals surface area contributed by atoms with Crippen molar-refractivity contribution in [2.45, 2.75) is 91.8 Å². The predicted octanol–water partition coefficient (Wildman–Crippen LogP) is 6.04. The molecule has 2 atom stereocenters. The van der Waals surface area contributed by atoms with Crippen LogP contribution in [0.5, 0.6) is 23.3 Å². The van der Waals surface area contributed by atoms with E-state index in [2.05, 4.69) is 24.6 Å². The second kappa shape index (κ2) is 15.2. The lowest BCUT2D eigenvalue weighted by molar-refractivity contribution is 0.0148. The van der Waals surface area contributed by atoms with E-state index in [-0.39, 0.29) is 53.6 Å². The Bertz CT molecular complexity index is 876. The third-order valence-corrected chi connectivity index (χ3v) is 7.55. The number of hydrogen-bond donors (Lipinski definition) is 1. The van der Waals surface area contributed by atoms with Gasteiger partial charge in [0.15, 0.2) is 12.5 Å². The van der Waals surface area contributed by atoms with E-state index in [1.807, 2.05) is 53.7 Å². The zero-order valence-electron chi connectivity index (χ0n) is 24.6. The molecule has 0 aliphatic carbocycles. The summed E-state index contributed by atoms with van der Waals surface area (Å²) >= 11 is 0. The van der Waals surface area contributed by atoms with Gasteiger partial charge in [0.25, 0.3) is 5.88 Å². The van der Waals surface area contributed by atoms with Crippen molar-refractivity contribution in [3.8, 4) is 23.3 Å². The van der Waals surface area contributed by atoms with E-state index < -0.39 is 20.3 Å². The minimum absolute atomic E-state index is 0.0163. The van der Waals surface area contributed by atoms with E-state index in [4.69, 9.17) is 23.7 Å². The first-order valence-electron chi connectivity index (χ1n) is 12.9. The highest BCUT2D eigenvalue weighted by atomic mass is 28.3. The first-order chi connectivity index (χ1) is 17.3. The molecule has 1 amide bonds. The molecule has 1 heterocycles. The van der Waals surface area contributed by atoms with Crippen molar-refractivity contribution in [2.24, 2.45) is 5.92 Å². The van der Waals surface area contributed by atoms with E-state index in [0.717, 1.165) is 6.04 Å². The first kappa shape index (κ1) is 32.7. The van der Waals surface area contributed by atoms with Crippen molar-refractivity contribution in [2.75, 3.05) is 27.6 Å². The van der Waals surface area contributed by atoms with Gasteiger partial charge in [-0.15, -0.1) is 0 Å². The van der Waals surface area contributed by atoms with Crippen LogP contribution in [0.3, 0.4) is 0 Å². The lowest BCUT2D eigenvalue weighted by Crippen LogP contribution is -2.43. The van der Waals surface area contributed by atoms with E-state index in [1.54, 1.807) is 4.90 Å². The number of carbonyl (C=O) groups excluding carboxylic acids is 1. The smallest absolute Gasteiger partial charge is 0.415 e. The Balaban J connectivity index is 3.58. The molecule has 0 aromatic carbocycles. The maximum atomic E-state index is 13.3. The van der Waals surface area contributed by atoms with Gasteiger partial charge >= 0.3 is 6.09 Å². The Morgan fingerprint density at radius 3 is 2.14 bits per heavy atom. The molecule has 1 rings (SSSR count). The number of methoxy groups -OCH3 is 2. The molecule has 0 bridgehead atoms. The standard InChI is InChI=1S/C27H48N2O7Si/c1-12-13-14-20(6)22(30)21-23(36-27(31)29(18(2)3)19(4)5)24(32-7)26(33-8)28-25(21)35-17-34-15-16-37(9,10)11/h12-13,18-20,22,30H,14-17H2,1-11H3/b13-12+. The lowest BCUT2D eigenvalue weighted by atomic mass is 9.94. The fourth-order valence-corrected chi connectivity index (χ4v) is 4.52. The van der Waals surface area contributed by atoms with Gasteiger partial charge in [0, 0.05) is 26.8 Å². The van der Waals surface area contributed by atoms with Gasteiger partial charge in [0.1, 0.15) is 0 Å². The fraction of sp³-hybridized carbons (Fsp3) is 0.704. The summed E-state index contributed by atoms with van der Waals surface area (Å²) in [6.07, 6.45) is 2.82. The summed E-state index contributed by atoms with van der Waals surface area (Å²) in [5, 5.41) is 11.4. The Hall–Kier alpha value is -2.30. The van der Waals surface area contributed by atoms with Gasteiger partial charge in [-0.3, -0.25) is 0 Å². The molecule has 0 saturated heterocycles. The third-order valence-electron chi connectivity index (χ3n) is 5.84. The van der Waals surface area contributed by atoms with Crippen molar-refractivity contribution >= 4 is 14.2 Å². The molecule has 10 heteroatoms. The van der Waals surface area contributed by atoms with Crippen LogP contribution < -0.4 is 18.9 Å². The number of pyridine rings is 1. The number of nitrogens with zero attached hydrogens (tertiary/aromatic N) is 2. The monoisotopic (exact) mass is 540 g/mol. The average molecular weight is 541 g/mol. The number of aromatic nitrogens is 1. The topological polar surface area (TPSA) is 99.6 Å². The van der Waals surface area contributed by atoms with E-state index >= 15 is 0 Å². The third kappa shape index (κ3) is 9.83. The predicted molar refractivity (Wildman–Crippen MR) is 149 cm³/mol. The number of rotatable bonds is 15. The van der Waals surface area contributed by atoms with Crippen molar-refractivity contribution in [1.82, 2.24) is 9.88 Å². The summed E-state index contributed by atoms with van der Waals surface area (Å²) in [4.78, 5) is 19.4. The largest absolute Gasteiger partial charge is 0.489 e. The van der Waals surface area contributed by atoms with Gasteiger partial charge in [-0.2, -0.15) is 4.98 Å². The van der Waals surface area contributed by atoms with Gasteiger partial charge in [-0.1, -0.05) is 38.7 Å². The van der Waals surface area contributed by atoms with Crippen LogP contribution in [0, 0.1) is 5.92 Å². The van der Waals surface area contributed by atoms with Crippen LogP contribution in [0.15, 0.2) is 12.2 Å². The molecule has 9 nitrogen and oxygen atoms in total. The SMILES string of the molecule is C/C=C/CC(C)C(O)c1c(OCOCC[Si](C)(C)C)nc(OC)c(OC)c1OC(=O)N(C(C)C)C(C)C. The molecule has 2 unspecified atom stereocenters. The fourth-order valence-electron chi connectivity index (χ4n) is 3.77. The molecule has 0 fully saturated rings. The van der Waals surface area contributed by atoms with Crippen LogP contribution in [0.2, 0.25) is 25.7 Å². The van der Waals surface area contributed by atoms with Gasteiger partial charge in [0.2, 0.25) is 11.6 Å². The van der Waals surface area contributed by atoms with Crippen LogP contribution >= 0.6 is 0 Å². The molecule has 37 heavy (non-hydrogen) atoms. The zero-order chi connectivity index (χ0) is 28.3. The lowest BCUT2D eigenvalue weighted by Gasteiger charge is -2.31. The number of allylic oxidation sites excluding steroid dienone is 2. The summed E-state index contributed by atoms with van der Waals surface area (Å²) in [5.41, 5.74) is 0.212. The molecule has 1 N–H and O–H groups in total. The number of carbonyl (C=O) groups is 1. The van der Waals surface area contributed by atoms with Crippen LogP contribution in [-0.4, -0.2) is 68.9 Å². The van der Waals surface area contributed by atoms with Crippen molar-refractivity contribution in [3.05, 3.63) is 17.7 Å². The van der Waals surface area contributed by atoms with Crippen LogP contribution in [0.1, 0.15) is 59.6 Å². The molecule has 0 radical (unpaired) electrons. The molecular formula is C27H48N2O7Si. The molecule has 212 valence electrons. The maximum absolute atomic E-state index is 13.3. The summed E-state index contributed by atoms with van der Waals surface area (Å²) in [6, 6.07) is 0.758. The van der Waals surface area contributed by atoms with Gasteiger partial charge in [-0.25, -0.2) is 4.79 Å². The van der Waals surface area contributed by atoms with Crippen LogP contribution in [0.25, 0.3) is 0 Å². The van der Waals surface area contributed by atoms with Crippen LogP contribution in [0.4, 0.5) is 4.79 Å². The molecule has 0 saturated carbocycles. The van der Waals surface area contributed by atoms with Gasteiger partial charge < -0.3 is 33.7 Å². The Morgan fingerprint density at radius 1 is 1.03 bits per heavy atom. The minimum atomic E-state index is -1.27. The molecule has 0 aliphatic heterocycles. The summed E-state index contributed by atoms with van der Waals surface area (Å²) in [5.74, 6) is 0.00853. The highest BCUT2D eigenvalue weighted by molar-refractivity contribution is 6.76. The minimum Gasteiger partial charge on any atom is -0.489 e. The second-order valence-corrected chi connectivity index (χ2v) is 16.5. The number of aliphatic hydroxyl groups excluding tert-OH is 1. The molecule has 0 spiro atoms. The normalized spacial score (nSPS) is 13.7. The molecular weight excluding hydrogens is 492 g/mol. The number of amides is 1. The Labute approximate surface area is 224 Å². The van der Waals surface area contributed by atoms with E-state index in [1.165, 1.54) is 14.2 Å². The highest BCUT2D eigenvalue weighted by Gasteiger charge is 2.34.